The second-order valence-electron chi connectivity index (χ2n) is 6.70. The van der Waals surface area contributed by atoms with Crippen molar-refractivity contribution in [2.75, 3.05) is 6.54 Å². The zero-order valence-corrected chi connectivity index (χ0v) is 13.2. The third-order valence-electron chi connectivity index (χ3n) is 5.34. The van der Waals surface area contributed by atoms with E-state index in [4.69, 9.17) is 0 Å². The summed E-state index contributed by atoms with van der Waals surface area (Å²) < 4.78 is 0. The molecular weight excluding hydrogens is 286 g/mol. The molecule has 2 aromatic carbocycles. The molecule has 3 aliphatic carbocycles. The van der Waals surface area contributed by atoms with Crippen LogP contribution in [0, 0.1) is 5.92 Å². The highest BCUT2D eigenvalue weighted by molar-refractivity contribution is 5.80. The van der Waals surface area contributed by atoms with Gasteiger partial charge in [0.2, 0.25) is 5.91 Å². The first-order valence-electron chi connectivity index (χ1n) is 8.30. The minimum Gasteiger partial charge on any atom is -0.384 e. The standard InChI is InChI=1S/C20H21NO2/c1-12(22)20(23)21-11-13-10-18-14-6-2-4-8-16(14)19(13)17-9-5-3-7-15(17)18/h2-9,12-13,18-19,22H,10-11H2,1H3,(H,21,23). The molecule has 118 valence electrons. The number of rotatable bonds is 3. The lowest BCUT2D eigenvalue weighted by Crippen LogP contribution is -2.41. The third kappa shape index (κ3) is 2.27. The quantitative estimate of drug-likeness (QED) is 0.916. The molecule has 2 bridgehead atoms. The summed E-state index contributed by atoms with van der Waals surface area (Å²) >= 11 is 0. The minimum atomic E-state index is -0.949. The van der Waals surface area contributed by atoms with E-state index in [1.54, 1.807) is 0 Å². The van der Waals surface area contributed by atoms with Gasteiger partial charge in [-0.15, -0.1) is 0 Å². The van der Waals surface area contributed by atoms with Crippen LogP contribution in [0.1, 0.15) is 47.4 Å². The van der Waals surface area contributed by atoms with Gasteiger partial charge in [-0.3, -0.25) is 4.79 Å². The van der Waals surface area contributed by atoms with E-state index in [1.165, 1.54) is 29.2 Å². The van der Waals surface area contributed by atoms with Crippen LogP contribution >= 0.6 is 0 Å². The van der Waals surface area contributed by atoms with Gasteiger partial charge in [-0.25, -0.2) is 0 Å². The Morgan fingerprint density at radius 1 is 1.09 bits per heavy atom. The molecule has 3 nitrogen and oxygen atoms in total. The number of nitrogens with one attached hydrogen (secondary N) is 1. The Bertz CT molecular complexity index is 705. The Morgan fingerprint density at radius 3 is 2.13 bits per heavy atom. The van der Waals surface area contributed by atoms with Crippen molar-refractivity contribution in [3.63, 3.8) is 0 Å². The van der Waals surface area contributed by atoms with Crippen LogP contribution in [0.2, 0.25) is 0 Å². The summed E-state index contributed by atoms with van der Waals surface area (Å²) in [5.41, 5.74) is 5.68. The van der Waals surface area contributed by atoms with Crippen LogP contribution < -0.4 is 5.32 Å². The maximum absolute atomic E-state index is 11.7. The fourth-order valence-corrected chi connectivity index (χ4v) is 4.34. The number of aliphatic hydroxyl groups excluding tert-OH is 1. The maximum Gasteiger partial charge on any atom is 0.248 e. The van der Waals surface area contributed by atoms with Gasteiger partial charge in [0.15, 0.2) is 0 Å². The van der Waals surface area contributed by atoms with E-state index >= 15 is 0 Å². The zero-order chi connectivity index (χ0) is 16.0. The van der Waals surface area contributed by atoms with Gasteiger partial charge >= 0.3 is 0 Å². The van der Waals surface area contributed by atoms with Crippen molar-refractivity contribution in [3.8, 4) is 0 Å². The SMILES string of the molecule is CC(O)C(=O)NCC1CC2c3ccccc3C1c1ccccc12. The number of carbonyl (C=O) groups is 1. The highest BCUT2D eigenvalue weighted by atomic mass is 16.3. The Hall–Kier alpha value is -2.13. The van der Waals surface area contributed by atoms with E-state index in [9.17, 15) is 9.90 Å². The average molecular weight is 307 g/mol. The number of aliphatic hydroxyl groups is 1. The minimum absolute atomic E-state index is 0.284. The van der Waals surface area contributed by atoms with Crippen LogP contribution in [-0.2, 0) is 4.79 Å². The van der Waals surface area contributed by atoms with Crippen molar-refractivity contribution in [2.45, 2.75) is 31.3 Å². The molecule has 2 aromatic rings. The molecule has 0 fully saturated rings. The summed E-state index contributed by atoms with van der Waals surface area (Å²) in [5.74, 6) is 0.850. The van der Waals surface area contributed by atoms with Gasteiger partial charge in [-0.2, -0.15) is 0 Å². The van der Waals surface area contributed by atoms with Gasteiger partial charge < -0.3 is 10.4 Å². The van der Waals surface area contributed by atoms with E-state index in [0.29, 0.717) is 24.3 Å². The molecule has 0 spiro atoms. The number of amides is 1. The molecule has 1 amide bonds. The molecule has 5 rings (SSSR count). The number of benzene rings is 2. The zero-order valence-electron chi connectivity index (χ0n) is 13.2. The number of hydrogen-bond acceptors (Lipinski definition) is 2. The van der Waals surface area contributed by atoms with Gasteiger partial charge in [-0.05, 0) is 41.5 Å². The van der Waals surface area contributed by atoms with Crippen molar-refractivity contribution in [1.29, 1.82) is 0 Å². The van der Waals surface area contributed by atoms with Gasteiger partial charge in [0.25, 0.3) is 0 Å². The van der Waals surface area contributed by atoms with Gasteiger partial charge in [0.05, 0.1) is 0 Å². The topological polar surface area (TPSA) is 49.3 Å². The monoisotopic (exact) mass is 307 g/mol. The Labute approximate surface area is 136 Å². The number of carbonyl (C=O) groups excluding carboxylic acids is 1. The first-order valence-corrected chi connectivity index (χ1v) is 8.30. The summed E-state index contributed by atoms with van der Waals surface area (Å²) in [4.78, 5) is 11.7. The first-order chi connectivity index (χ1) is 11.2. The number of hydrogen-bond donors (Lipinski definition) is 2. The molecule has 0 saturated heterocycles. The normalized spacial score (nSPS) is 25.4. The summed E-state index contributed by atoms with van der Waals surface area (Å²) in [6, 6.07) is 17.4. The second-order valence-corrected chi connectivity index (χ2v) is 6.70. The van der Waals surface area contributed by atoms with E-state index < -0.39 is 6.10 Å². The Balaban J connectivity index is 1.70. The first kappa shape index (κ1) is 14.5. The largest absolute Gasteiger partial charge is 0.384 e. The van der Waals surface area contributed by atoms with Crippen LogP contribution in [0.25, 0.3) is 0 Å². The molecule has 0 radical (unpaired) electrons. The lowest BCUT2D eigenvalue weighted by Gasteiger charge is -2.45. The lowest BCUT2D eigenvalue weighted by atomic mass is 9.59. The van der Waals surface area contributed by atoms with Crippen molar-refractivity contribution in [2.24, 2.45) is 5.92 Å². The molecule has 2 N–H and O–H groups in total. The highest BCUT2D eigenvalue weighted by Crippen LogP contribution is 2.54. The van der Waals surface area contributed by atoms with Crippen LogP contribution in [-0.4, -0.2) is 23.7 Å². The maximum atomic E-state index is 11.7. The molecule has 0 saturated carbocycles. The predicted octanol–water partition coefficient (Wildman–Crippen LogP) is 2.78. The highest BCUT2D eigenvalue weighted by Gasteiger charge is 2.42. The van der Waals surface area contributed by atoms with E-state index in [1.807, 2.05) is 0 Å². The van der Waals surface area contributed by atoms with Crippen molar-refractivity contribution >= 4 is 5.91 Å². The molecule has 0 aromatic heterocycles. The van der Waals surface area contributed by atoms with Gasteiger partial charge in [-0.1, -0.05) is 48.5 Å². The molecular formula is C20H21NO2. The lowest BCUT2D eigenvalue weighted by molar-refractivity contribution is -0.128. The number of fused-ring (bicyclic) bond motifs is 1. The Kier molecular flexibility index (Phi) is 3.46. The van der Waals surface area contributed by atoms with Crippen molar-refractivity contribution in [1.82, 2.24) is 5.32 Å². The van der Waals surface area contributed by atoms with E-state index in [0.717, 1.165) is 6.42 Å². The molecule has 2 atom stereocenters. The smallest absolute Gasteiger partial charge is 0.248 e. The van der Waals surface area contributed by atoms with Gasteiger partial charge in [0, 0.05) is 18.4 Å². The van der Waals surface area contributed by atoms with Crippen molar-refractivity contribution in [3.05, 3.63) is 70.8 Å². The fraction of sp³-hybridized carbons (Fsp3) is 0.350. The third-order valence-corrected chi connectivity index (χ3v) is 5.34. The Morgan fingerprint density at radius 2 is 1.61 bits per heavy atom. The molecule has 3 heteroatoms. The average Bonchev–Trinajstić information content (AvgIpc) is 2.59. The van der Waals surface area contributed by atoms with E-state index in [-0.39, 0.29) is 5.91 Å². The molecule has 2 unspecified atom stereocenters. The molecule has 0 heterocycles. The van der Waals surface area contributed by atoms with Crippen molar-refractivity contribution < 1.29 is 9.90 Å². The van der Waals surface area contributed by atoms with Crippen LogP contribution in [0.15, 0.2) is 48.5 Å². The summed E-state index contributed by atoms with van der Waals surface area (Å²) in [5, 5.41) is 12.3. The van der Waals surface area contributed by atoms with Crippen LogP contribution in [0.5, 0.6) is 0 Å². The van der Waals surface area contributed by atoms with Gasteiger partial charge in [0.1, 0.15) is 6.10 Å². The second kappa shape index (κ2) is 5.50. The summed E-state index contributed by atoms with van der Waals surface area (Å²) in [7, 11) is 0. The van der Waals surface area contributed by atoms with Crippen LogP contribution in [0.3, 0.4) is 0 Å². The fourth-order valence-electron chi connectivity index (χ4n) is 4.34. The summed E-state index contributed by atoms with van der Waals surface area (Å²) in [6.45, 7) is 2.13. The molecule has 23 heavy (non-hydrogen) atoms. The van der Waals surface area contributed by atoms with E-state index in [2.05, 4.69) is 53.8 Å². The summed E-state index contributed by atoms with van der Waals surface area (Å²) in [6.07, 6.45) is 0.106. The molecule has 3 aliphatic rings. The predicted molar refractivity (Wildman–Crippen MR) is 89.4 cm³/mol. The van der Waals surface area contributed by atoms with Crippen LogP contribution in [0.4, 0.5) is 0 Å². The molecule has 0 aliphatic heterocycles.